The van der Waals surface area contributed by atoms with Gasteiger partial charge in [-0.3, -0.25) is 10.1 Å². The summed E-state index contributed by atoms with van der Waals surface area (Å²) >= 11 is 0. The molecule has 0 aliphatic heterocycles. The number of unbranched alkanes of at least 4 members (excludes halogenated alkanes) is 9. The fraction of sp³-hybridized carbons (Fsp3) is 0.667. The van der Waals surface area contributed by atoms with Crippen molar-refractivity contribution < 1.29 is 14.1 Å². The quantitative estimate of drug-likeness (QED) is 0.219. The Bertz CT molecular complexity index is 509. The summed E-state index contributed by atoms with van der Waals surface area (Å²) in [5, 5.41) is 10.7. The van der Waals surface area contributed by atoms with Crippen molar-refractivity contribution in [3.05, 3.63) is 28.1 Å². The number of hydrogen-bond acceptors (Lipinski definition) is 4. The second-order valence-corrected chi connectivity index (χ2v) is 6.13. The molecule has 2 N–H and O–H groups in total. The van der Waals surface area contributed by atoms with E-state index in [1.807, 2.05) is 0 Å². The number of nitrogen functional groups attached to an aromatic ring is 1. The van der Waals surface area contributed by atoms with E-state index in [0.29, 0.717) is 6.61 Å². The maximum Gasteiger partial charge on any atom is 0.295 e. The van der Waals surface area contributed by atoms with Gasteiger partial charge in [-0.25, -0.2) is 4.39 Å². The SMILES string of the molecule is CCCCCCCCCCCCOc1cc(N)c([N+](=O)[O-])cc1F. The molecule has 0 aliphatic rings. The predicted octanol–water partition coefficient (Wildman–Crippen LogP) is 5.62. The summed E-state index contributed by atoms with van der Waals surface area (Å²) in [6.07, 6.45) is 12.1. The van der Waals surface area contributed by atoms with Gasteiger partial charge < -0.3 is 10.5 Å². The van der Waals surface area contributed by atoms with E-state index in [1.54, 1.807) is 0 Å². The van der Waals surface area contributed by atoms with Crippen molar-refractivity contribution in [1.29, 1.82) is 0 Å². The van der Waals surface area contributed by atoms with Gasteiger partial charge in [0.1, 0.15) is 5.69 Å². The Hall–Kier alpha value is -1.85. The standard InChI is InChI=1S/C18H29FN2O3/c1-2-3-4-5-6-7-8-9-10-11-12-24-18-14-16(20)17(21(22)23)13-15(18)19/h13-14H,2-12,20H2,1H3. The highest BCUT2D eigenvalue weighted by Gasteiger charge is 2.16. The normalized spacial score (nSPS) is 10.8. The molecule has 0 saturated carbocycles. The van der Waals surface area contributed by atoms with E-state index >= 15 is 0 Å². The maximum absolute atomic E-state index is 13.7. The molecule has 0 atom stereocenters. The zero-order chi connectivity index (χ0) is 17.8. The van der Waals surface area contributed by atoms with Crippen LogP contribution in [-0.2, 0) is 0 Å². The fourth-order valence-electron chi connectivity index (χ4n) is 2.60. The highest BCUT2D eigenvalue weighted by atomic mass is 19.1. The first-order valence-corrected chi connectivity index (χ1v) is 8.92. The van der Waals surface area contributed by atoms with Gasteiger partial charge in [0.15, 0.2) is 11.6 Å². The molecule has 0 aliphatic carbocycles. The van der Waals surface area contributed by atoms with Crippen LogP contribution in [0.15, 0.2) is 12.1 Å². The van der Waals surface area contributed by atoms with Crippen molar-refractivity contribution in [2.75, 3.05) is 12.3 Å². The Kier molecular flexibility index (Phi) is 9.80. The molecule has 0 saturated heterocycles. The third-order valence-corrected chi connectivity index (χ3v) is 4.03. The molecule has 6 heteroatoms. The zero-order valence-corrected chi connectivity index (χ0v) is 14.6. The third kappa shape index (κ3) is 7.62. The molecule has 0 fully saturated rings. The van der Waals surface area contributed by atoms with Crippen molar-refractivity contribution in [3.63, 3.8) is 0 Å². The molecular weight excluding hydrogens is 311 g/mol. The largest absolute Gasteiger partial charge is 0.490 e. The Morgan fingerprint density at radius 3 is 2.12 bits per heavy atom. The van der Waals surface area contributed by atoms with Crippen molar-refractivity contribution in [1.82, 2.24) is 0 Å². The van der Waals surface area contributed by atoms with Crippen LogP contribution >= 0.6 is 0 Å². The number of anilines is 1. The first-order chi connectivity index (χ1) is 11.6. The van der Waals surface area contributed by atoms with Crippen LogP contribution in [-0.4, -0.2) is 11.5 Å². The molecule has 0 bridgehead atoms. The first-order valence-electron chi connectivity index (χ1n) is 8.92. The molecule has 0 spiro atoms. The first kappa shape index (κ1) is 20.2. The summed E-state index contributed by atoms with van der Waals surface area (Å²) < 4.78 is 19.1. The lowest BCUT2D eigenvalue weighted by Crippen LogP contribution is -2.02. The van der Waals surface area contributed by atoms with Crippen molar-refractivity contribution >= 4 is 11.4 Å². The van der Waals surface area contributed by atoms with Gasteiger partial charge in [0.2, 0.25) is 0 Å². The van der Waals surface area contributed by atoms with Crippen LogP contribution in [0.3, 0.4) is 0 Å². The molecule has 1 aromatic carbocycles. The van der Waals surface area contributed by atoms with Gasteiger partial charge in [-0.05, 0) is 6.42 Å². The number of halogens is 1. The lowest BCUT2D eigenvalue weighted by Gasteiger charge is -2.08. The van der Waals surface area contributed by atoms with E-state index in [-0.39, 0.29) is 11.4 Å². The van der Waals surface area contributed by atoms with Crippen LogP contribution in [0.25, 0.3) is 0 Å². The van der Waals surface area contributed by atoms with Crippen molar-refractivity contribution in [2.24, 2.45) is 0 Å². The minimum Gasteiger partial charge on any atom is -0.490 e. The molecule has 0 amide bonds. The molecule has 0 unspecified atom stereocenters. The van der Waals surface area contributed by atoms with Gasteiger partial charge in [-0.15, -0.1) is 0 Å². The molecule has 0 aromatic heterocycles. The Labute approximate surface area is 143 Å². The lowest BCUT2D eigenvalue weighted by molar-refractivity contribution is -0.384. The van der Waals surface area contributed by atoms with Gasteiger partial charge in [0, 0.05) is 6.07 Å². The summed E-state index contributed by atoms with van der Waals surface area (Å²) in [5.41, 5.74) is 5.02. The van der Waals surface area contributed by atoms with Gasteiger partial charge in [0.25, 0.3) is 5.69 Å². The second kappa shape index (κ2) is 11.6. The van der Waals surface area contributed by atoms with Crippen LogP contribution in [0.4, 0.5) is 15.8 Å². The highest BCUT2D eigenvalue weighted by molar-refractivity contribution is 5.61. The molecule has 0 radical (unpaired) electrons. The van der Waals surface area contributed by atoms with Crippen LogP contribution in [0.5, 0.6) is 5.75 Å². The average Bonchev–Trinajstić information content (AvgIpc) is 2.55. The minimum absolute atomic E-state index is 0.0194. The molecule has 1 rings (SSSR count). The van der Waals surface area contributed by atoms with E-state index < -0.39 is 16.4 Å². The molecular formula is C18H29FN2O3. The number of rotatable bonds is 13. The smallest absolute Gasteiger partial charge is 0.295 e. The molecule has 0 heterocycles. The van der Waals surface area contributed by atoms with E-state index in [2.05, 4.69) is 6.92 Å². The molecule has 136 valence electrons. The molecule has 1 aromatic rings. The molecule has 24 heavy (non-hydrogen) atoms. The topological polar surface area (TPSA) is 78.4 Å². The Morgan fingerprint density at radius 1 is 1.04 bits per heavy atom. The van der Waals surface area contributed by atoms with Gasteiger partial charge >= 0.3 is 0 Å². The number of nitrogens with zero attached hydrogens (tertiary/aromatic N) is 1. The van der Waals surface area contributed by atoms with Gasteiger partial charge in [-0.2, -0.15) is 0 Å². The van der Waals surface area contributed by atoms with Crippen LogP contribution in [0.2, 0.25) is 0 Å². The third-order valence-electron chi connectivity index (χ3n) is 4.03. The van der Waals surface area contributed by atoms with Crippen molar-refractivity contribution in [2.45, 2.75) is 71.1 Å². The highest BCUT2D eigenvalue weighted by Crippen LogP contribution is 2.29. The number of nitrogens with two attached hydrogens (primary N) is 1. The monoisotopic (exact) mass is 340 g/mol. The number of nitro groups is 1. The van der Waals surface area contributed by atoms with Crippen molar-refractivity contribution in [3.8, 4) is 5.75 Å². The van der Waals surface area contributed by atoms with Gasteiger partial charge in [0.05, 0.1) is 17.6 Å². The minimum atomic E-state index is -0.747. The van der Waals surface area contributed by atoms with E-state index in [4.69, 9.17) is 10.5 Å². The summed E-state index contributed by atoms with van der Waals surface area (Å²) in [4.78, 5) is 9.96. The zero-order valence-electron chi connectivity index (χ0n) is 14.6. The number of ether oxygens (including phenoxy) is 1. The summed E-state index contributed by atoms with van der Waals surface area (Å²) in [7, 11) is 0. The maximum atomic E-state index is 13.7. The number of benzene rings is 1. The van der Waals surface area contributed by atoms with Gasteiger partial charge in [-0.1, -0.05) is 64.7 Å². The van der Waals surface area contributed by atoms with Crippen LogP contribution in [0, 0.1) is 15.9 Å². The predicted molar refractivity (Wildman–Crippen MR) is 94.8 cm³/mol. The van der Waals surface area contributed by atoms with Crippen LogP contribution in [0.1, 0.15) is 71.1 Å². The van der Waals surface area contributed by atoms with Crippen LogP contribution < -0.4 is 10.5 Å². The van der Waals surface area contributed by atoms with E-state index in [9.17, 15) is 14.5 Å². The van der Waals surface area contributed by atoms with E-state index in [1.165, 1.54) is 51.0 Å². The Balaban J connectivity index is 2.13. The molecule has 5 nitrogen and oxygen atoms in total. The Morgan fingerprint density at radius 2 is 1.58 bits per heavy atom. The average molecular weight is 340 g/mol. The second-order valence-electron chi connectivity index (χ2n) is 6.13. The fourth-order valence-corrected chi connectivity index (χ4v) is 2.60. The number of nitro benzene ring substituents is 1. The summed E-state index contributed by atoms with van der Waals surface area (Å²) in [6, 6.07) is 1.99. The summed E-state index contributed by atoms with van der Waals surface area (Å²) in [6.45, 7) is 2.61. The summed E-state index contributed by atoms with van der Waals surface area (Å²) in [5.74, 6) is -0.767. The number of hydrogen-bond donors (Lipinski definition) is 1. The van der Waals surface area contributed by atoms with E-state index in [0.717, 1.165) is 25.3 Å². The lowest BCUT2D eigenvalue weighted by atomic mass is 10.1.